The molecule has 0 bridgehead atoms. The maximum absolute atomic E-state index is 5.81. The van der Waals surface area contributed by atoms with Crippen molar-refractivity contribution in [2.45, 2.75) is 59.6 Å². The molecule has 2 atom stereocenters. The van der Waals surface area contributed by atoms with Crippen LogP contribution in [0.25, 0.3) is 0 Å². The van der Waals surface area contributed by atoms with Crippen molar-refractivity contribution in [3.05, 3.63) is 0 Å². The fraction of sp³-hybridized carbons (Fsp3) is 1.00. The number of likely N-dealkylation sites (N-methyl/N-ethyl adjacent to an activating group) is 1. The Kier molecular flexibility index (Phi) is 8.20. The zero-order chi connectivity index (χ0) is 11.0. The molecule has 86 valence electrons. The van der Waals surface area contributed by atoms with E-state index in [1.54, 1.807) is 0 Å². The molecule has 1 N–H and O–H groups in total. The highest BCUT2D eigenvalue weighted by Crippen LogP contribution is 2.15. The van der Waals surface area contributed by atoms with Crippen LogP contribution in [-0.2, 0) is 4.74 Å². The normalized spacial score (nSPS) is 15.9. The second kappa shape index (κ2) is 8.25. The van der Waals surface area contributed by atoms with E-state index in [9.17, 15) is 0 Å². The van der Waals surface area contributed by atoms with Crippen LogP contribution in [0.3, 0.4) is 0 Å². The number of nitrogens with one attached hydrogen (secondary N) is 1. The van der Waals surface area contributed by atoms with Crippen LogP contribution in [-0.4, -0.2) is 25.3 Å². The summed E-state index contributed by atoms with van der Waals surface area (Å²) in [6.07, 6.45) is 2.78. The minimum Gasteiger partial charge on any atom is -0.377 e. The van der Waals surface area contributed by atoms with Crippen molar-refractivity contribution in [1.29, 1.82) is 0 Å². The third-order valence-electron chi connectivity index (χ3n) is 2.48. The Hall–Kier alpha value is -0.0800. The van der Waals surface area contributed by atoms with Gasteiger partial charge in [-0.3, -0.25) is 0 Å². The van der Waals surface area contributed by atoms with E-state index < -0.39 is 0 Å². The molecule has 0 amide bonds. The van der Waals surface area contributed by atoms with Gasteiger partial charge in [0.05, 0.1) is 6.10 Å². The summed E-state index contributed by atoms with van der Waals surface area (Å²) in [5, 5.41) is 3.52. The molecule has 0 spiro atoms. The van der Waals surface area contributed by atoms with E-state index >= 15 is 0 Å². The Morgan fingerprint density at radius 3 is 2.14 bits per heavy atom. The molecule has 0 rings (SSSR count). The highest BCUT2D eigenvalue weighted by molar-refractivity contribution is 4.78. The molecule has 0 aliphatic heterocycles. The summed E-state index contributed by atoms with van der Waals surface area (Å²) < 4.78 is 5.81. The molecule has 0 saturated heterocycles. The summed E-state index contributed by atoms with van der Waals surface area (Å²) in [4.78, 5) is 0. The first-order valence-corrected chi connectivity index (χ1v) is 6.02. The first-order chi connectivity index (χ1) is 6.67. The standard InChI is InChI=1S/C12H27NO/c1-6-9-11(13-7-2)12(10(4)5)14-8-3/h10-13H,6-9H2,1-5H3. The lowest BCUT2D eigenvalue weighted by Crippen LogP contribution is -2.44. The molecule has 2 nitrogen and oxygen atoms in total. The molecule has 2 unspecified atom stereocenters. The first kappa shape index (κ1) is 13.9. The lowest BCUT2D eigenvalue weighted by atomic mass is 9.96. The SMILES string of the molecule is CCCC(NCC)C(OCC)C(C)C. The van der Waals surface area contributed by atoms with Crippen LogP contribution in [0.1, 0.15) is 47.5 Å². The van der Waals surface area contributed by atoms with E-state index in [1.807, 2.05) is 0 Å². The van der Waals surface area contributed by atoms with E-state index in [0.29, 0.717) is 18.1 Å². The van der Waals surface area contributed by atoms with Crippen LogP contribution in [0.15, 0.2) is 0 Å². The summed E-state index contributed by atoms with van der Waals surface area (Å²) in [5.41, 5.74) is 0. The van der Waals surface area contributed by atoms with Gasteiger partial charge >= 0.3 is 0 Å². The van der Waals surface area contributed by atoms with Gasteiger partial charge in [-0.05, 0) is 25.8 Å². The van der Waals surface area contributed by atoms with E-state index in [-0.39, 0.29) is 0 Å². The molecule has 0 aromatic rings. The summed E-state index contributed by atoms with van der Waals surface area (Å²) in [6, 6.07) is 0.518. The van der Waals surface area contributed by atoms with E-state index in [1.165, 1.54) is 12.8 Å². The quantitative estimate of drug-likeness (QED) is 0.652. The van der Waals surface area contributed by atoms with Crippen LogP contribution in [0, 0.1) is 5.92 Å². The largest absolute Gasteiger partial charge is 0.377 e. The lowest BCUT2D eigenvalue weighted by Gasteiger charge is -2.30. The van der Waals surface area contributed by atoms with Gasteiger partial charge in [0.2, 0.25) is 0 Å². The molecule has 14 heavy (non-hydrogen) atoms. The highest BCUT2D eigenvalue weighted by atomic mass is 16.5. The fourth-order valence-electron chi connectivity index (χ4n) is 1.92. The van der Waals surface area contributed by atoms with Crippen molar-refractivity contribution in [3.8, 4) is 0 Å². The number of hydrogen-bond acceptors (Lipinski definition) is 2. The third kappa shape index (κ3) is 4.97. The Bertz CT molecular complexity index is 119. The Labute approximate surface area is 89.4 Å². The van der Waals surface area contributed by atoms with Gasteiger partial charge in [-0.25, -0.2) is 0 Å². The maximum Gasteiger partial charge on any atom is 0.0750 e. The van der Waals surface area contributed by atoms with Crippen molar-refractivity contribution < 1.29 is 4.74 Å². The minimum absolute atomic E-state index is 0.361. The van der Waals surface area contributed by atoms with Crippen LogP contribution in [0.2, 0.25) is 0 Å². The Morgan fingerprint density at radius 2 is 1.79 bits per heavy atom. The summed E-state index contributed by atoms with van der Waals surface area (Å²) in [6.45, 7) is 12.8. The van der Waals surface area contributed by atoms with Crippen molar-refractivity contribution in [2.24, 2.45) is 5.92 Å². The lowest BCUT2D eigenvalue weighted by molar-refractivity contribution is 0.00170. The smallest absolute Gasteiger partial charge is 0.0750 e. The van der Waals surface area contributed by atoms with Gasteiger partial charge in [0.1, 0.15) is 0 Å². The fourth-order valence-corrected chi connectivity index (χ4v) is 1.92. The molecular formula is C12H27NO. The van der Waals surface area contributed by atoms with Crippen LogP contribution >= 0.6 is 0 Å². The monoisotopic (exact) mass is 201 g/mol. The number of ether oxygens (including phenoxy) is 1. The molecule has 0 aliphatic carbocycles. The van der Waals surface area contributed by atoms with Crippen molar-refractivity contribution in [2.75, 3.05) is 13.2 Å². The van der Waals surface area contributed by atoms with Crippen molar-refractivity contribution in [3.63, 3.8) is 0 Å². The molecular weight excluding hydrogens is 174 g/mol. The molecule has 0 aromatic carbocycles. The zero-order valence-corrected chi connectivity index (χ0v) is 10.5. The maximum atomic E-state index is 5.81. The van der Waals surface area contributed by atoms with Crippen molar-refractivity contribution >= 4 is 0 Å². The Morgan fingerprint density at radius 1 is 1.14 bits per heavy atom. The number of rotatable bonds is 8. The molecule has 2 heteroatoms. The van der Waals surface area contributed by atoms with Crippen LogP contribution in [0.4, 0.5) is 0 Å². The predicted octanol–water partition coefficient (Wildman–Crippen LogP) is 2.83. The van der Waals surface area contributed by atoms with Gasteiger partial charge in [-0.15, -0.1) is 0 Å². The molecule has 0 aromatic heterocycles. The van der Waals surface area contributed by atoms with Crippen molar-refractivity contribution in [1.82, 2.24) is 5.32 Å². The van der Waals surface area contributed by atoms with E-state index in [4.69, 9.17) is 4.74 Å². The minimum atomic E-state index is 0.361. The molecule has 0 radical (unpaired) electrons. The van der Waals surface area contributed by atoms with Gasteiger partial charge in [0.15, 0.2) is 0 Å². The van der Waals surface area contributed by atoms with Crippen LogP contribution < -0.4 is 5.32 Å². The predicted molar refractivity (Wildman–Crippen MR) is 62.6 cm³/mol. The average Bonchev–Trinajstić information content (AvgIpc) is 2.13. The van der Waals surface area contributed by atoms with Gasteiger partial charge in [0.25, 0.3) is 0 Å². The molecule has 0 heterocycles. The van der Waals surface area contributed by atoms with Gasteiger partial charge in [-0.1, -0.05) is 34.1 Å². The molecule has 0 aliphatic rings. The van der Waals surface area contributed by atoms with Crippen LogP contribution in [0.5, 0.6) is 0 Å². The number of hydrogen-bond donors (Lipinski definition) is 1. The summed E-state index contributed by atoms with van der Waals surface area (Å²) >= 11 is 0. The van der Waals surface area contributed by atoms with E-state index in [0.717, 1.165) is 13.2 Å². The highest BCUT2D eigenvalue weighted by Gasteiger charge is 2.23. The first-order valence-electron chi connectivity index (χ1n) is 6.02. The Balaban J connectivity index is 4.21. The summed E-state index contributed by atoms with van der Waals surface area (Å²) in [7, 11) is 0. The second-order valence-corrected chi connectivity index (χ2v) is 4.12. The average molecular weight is 201 g/mol. The molecule has 0 saturated carbocycles. The summed E-state index contributed by atoms with van der Waals surface area (Å²) in [5.74, 6) is 0.588. The zero-order valence-electron chi connectivity index (χ0n) is 10.5. The molecule has 0 fully saturated rings. The topological polar surface area (TPSA) is 21.3 Å². The van der Waals surface area contributed by atoms with Gasteiger partial charge < -0.3 is 10.1 Å². The third-order valence-corrected chi connectivity index (χ3v) is 2.48. The second-order valence-electron chi connectivity index (χ2n) is 4.12. The van der Waals surface area contributed by atoms with Gasteiger partial charge in [0, 0.05) is 12.6 Å². The van der Waals surface area contributed by atoms with E-state index in [2.05, 4.69) is 39.9 Å². The van der Waals surface area contributed by atoms with Gasteiger partial charge in [-0.2, -0.15) is 0 Å².